The maximum atomic E-state index is 13.3. The van der Waals surface area contributed by atoms with Gasteiger partial charge >= 0.3 is 5.97 Å². The summed E-state index contributed by atoms with van der Waals surface area (Å²) in [5, 5.41) is 4.86. The van der Waals surface area contributed by atoms with Gasteiger partial charge in [-0.05, 0) is 36.4 Å². The molecule has 2 aromatic heterocycles. The molecule has 4 rings (SSSR count). The highest BCUT2D eigenvalue weighted by molar-refractivity contribution is 7.18. The minimum Gasteiger partial charge on any atom is -0.454 e. The largest absolute Gasteiger partial charge is 0.454 e. The molecule has 0 unspecified atom stereocenters. The number of para-hydroxylation sites is 1. The van der Waals surface area contributed by atoms with Crippen LogP contribution in [-0.2, 0) is 11.3 Å². The van der Waals surface area contributed by atoms with E-state index in [2.05, 4.69) is 10.1 Å². The Morgan fingerprint density at radius 1 is 1.16 bits per heavy atom. The smallest absolute Gasteiger partial charge is 0.359 e. The molecule has 0 N–H and O–H groups in total. The summed E-state index contributed by atoms with van der Waals surface area (Å²) < 4.78 is 21.0. The molecule has 0 saturated carbocycles. The number of nitrogens with zero attached hydrogens (tertiary/aromatic N) is 3. The molecule has 5 nitrogen and oxygen atoms in total. The fraction of sp³-hybridized carbons (Fsp3) is 0.0556. The Bertz CT molecular complexity index is 1020. The SMILES string of the molecule is O=C(OCc1nc2ccccc2s1)c1ccn(-c2cccc(F)c2)n1. The monoisotopic (exact) mass is 353 g/mol. The highest BCUT2D eigenvalue weighted by atomic mass is 32.1. The minimum absolute atomic E-state index is 0.0883. The van der Waals surface area contributed by atoms with Gasteiger partial charge in [-0.3, -0.25) is 0 Å². The number of carbonyl (C=O) groups is 1. The Hall–Kier alpha value is -3.06. The van der Waals surface area contributed by atoms with Crippen molar-refractivity contribution in [2.75, 3.05) is 0 Å². The number of carbonyl (C=O) groups excluding carboxylic acids is 1. The van der Waals surface area contributed by atoms with E-state index in [4.69, 9.17) is 4.74 Å². The third kappa shape index (κ3) is 3.27. The molecular formula is C18H12FN3O2S. The normalized spacial score (nSPS) is 10.9. The summed E-state index contributed by atoms with van der Waals surface area (Å²) in [6.45, 7) is 0.0883. The lowest BCUT2D eigenvalue weighted by atomic mass is 10.3. The molecule has 0 fully saturated rings. The van der Waals surface area contributed by atoms with Gasteiger partial charge in [-0.15, -0.1) is 11.3 Å². The number of benzene rings is 2. The van der Waals surface area contributed by atoms with Gasteiger partial charge in [0.15, 0.2) is 5.69 Å². The van der Waals surface area contributed by atoms with Crippen LogP contribution in [0.3, 0.4) is 0 Å². The van der Waals surface area contributed by atoms with E-state index in [9.17, 15) is 9.18 Å². The van der Waals surface area contributed by atoms with Gasteiger partial charge < -0.3 is 4.74 Å². The van der Waals surface area contributed by atoms with Crippen LogP contribution in [0.2, 0.25) is 0 Å². The Balaban J connectivity index is 1.46. The van der Waals surface area contributed by atoms with Gasteiger partial charge in [-0.2, -0.15) is 5.10 Å². The second-order valence-electron chi connectivity index (χ2n) is 5.28. The molecule has 124 valence electrons. The van der Waals surface area contributed by atoms with Gasteiger partial charge in [-0.1, -0.05) is 18.2 Å². The van der Waals surface area contributed by atoms with Gasteiger partial charge in [0.25, 0.3) is 0 Å². The first-order valence-electron chi connectivity index (χ1n) is 7.52. The van der Waals surface area contributed by atoms with E-state index >= 15 is 0 Å². The van der Waals surface area contributed by atoms with Crippen molar-refractivity contribution in [2.24, 2.45) is 0 Å². The van der Waals surface area contributed by atoms with Crippen molar-refractivity contribution in [3.8, 4) is 5.69 Å². The molecular weight excluding hydrogens is 341 g/mol. The van der Waals surface area contributed by atoms with Crippen molar-refractivity contribution in [3.05, 3.63) is 77.3 Å². The molecule has 0 aliphatic heterocycles. The van der Waals surface area contributed by atoms with Crippen molar-refractivity contribution in [3.63, 3.8) is 0 Å². The van der Waals surface area contributed by atoms with E-state index in [0.717, 1.165) is 15.2 Å². The molecule has 2 heterocycles. The Kier molecular flexibility index (Phi) is 3.99. The predicted molar refractivity (Wildman–Crippen MR) is 92.3 cm³/mol. The number of rotatable bonds is 4. The summed E-state index contributed by atoms with van der Waals surface area (Å²) in [5.41, 5.74) is 1.57. The van der Waals surface area contributed by atoms with Crippen LogP contribution in [0.5, 0.6) is 0 Å². The Morgan fingerprint density at radius 3 is 2.88 bits per heavy atom. The van der Waals surface area contributed by atoms with Crippen LogP contribution in [0.15, 0.2) is 60.8 Å². The number of ether oxygens (including phenoxy) is 1. The second-order valence-corrected chi connectivity index (χ2v) is 6.39. The number of fused-ring (bicyclic) bond motifs is 1. The van der Waals surface area contributed by atoms with Gasteiger partial charge in [0, 0.05) is 6.20 Å². The van der Waals surface area contributed by atoms with Crippen molar-refractivity contribution >= 4 is 27.5 Å². The molecule has 25 heavy (non-hydrogen) atoms. The van der Waals surface area contributed by atoms with E-state index in [1.165, 1.54) is 34.2 Å². The zero-order valence-corrected chi connectivity index (χ0v) is 13.7. The summed E-state index contributed by atoms with van der Waals surface area (Å²) in [6, 6.07) is 15.2. The number of hydrogen-bond donors (Lipinski definition) is 0. The lowest BCUT2D eigenvalue weighted by Gasteiger charge is -2.01. The molecule has 4 aromatic rings. The molecule has 0 aliphatic rings. The third-order valence-corrected chi connectivity index (χ3v) is 4.55. The third-order valence-electron chi connectivity index (χ3n) is 3.54. The first-order valence-corrected chi connectivity index (χ1v) is 8.34. The summed E-state index contributed by atoms with van der Waals surface area (Å²) in [4.78, 5) is 16.6. The van der Waals surface area contributed by atoms with E-state index in [1.54, 1.807) is 18.3 Å². The lowest BCUT2D eigenvalue weighted by molar-refractivity contribution is 0.0465. The van der Waals surface area contributed by atoms with E-state index in [1.807, 2.05) is 24.3 Å². The number of aromatic nitrogens is 3. The van der Waals surface area contributed by atoms with E-state index in [-0.39, 0.29) is 18.1 Å². The lowest BCUT2D eigenvalue weighted by Crippen LogP contribution is -2.07. The van der Waals surface area contributed by atoms with Crippen LogP contribution >= 0.6 is 11.3 Å². The van der Waals surface area contributed by atoms with Crippen LogP contribution in [0.4, 0.5) is 4.39 Å². The van der Waals surface area contributed by atoms with Crippen LogP contribution < -0.4 is 0 Å². The molecule has 0 radical (unpaired) electrons. The Morgan fingerprint density at radius 2 is 2.04 bits per heavy atom. The summed E-state index contributed by atoms with van der Waals surface area (Å²) in [7, 11) is 0. The predicted octanol–water partition coefficient (Wildman–Crippen LogP) is 3.98. The molecule has 0 saturated heterocycles. The van der Waals surface area contributed by atoms with Crippen molar-refractivity contribution < 1.29 is 13.9 Å². The van der Waals surface area contributed by atoms with E-state index < -0.39 is 5.97 Å². The van der Waals surface area contributed by atoms with Crippen LogP contribution in [-0.4, -0.2) is 20.7 Å². The maximum absolute atomic E-state index is 13.3. The highest BCUT2D eigenvalue weighted by Gasteiger charge is 2.13. The number of halogens is 1. The fourth-order valence-electron chi connectivity index (χ4n) is 2.38. The molecule has 2 aromatic carbocycles. The van der Waals surface area contributed by atoms with Crippen LogP contribution in [0, 0.1) is 5.82 Å². The van der Waals surface area contributed by atoms with E-state index in [0.29, 0.717) is 5.69 Å². The summed E-state index contributed by atoms with van der Waals surface area (Å²) in [6.07, 6.45) is 1.59. The zero-order chi connectivity index (χ0) is 17.2. The fourth-order valence-corrected chi connectivity index (χ4v) is 3.26. The quantitative estimate of drug-likeness (QED) is 0.521. The molecule has 7 heteroatoms. The first-order chi connectivity index (χ1) is 12.2. The molecule has 0 amide bonds. The average Bonchev–Trinajstić information content (AvgIpc) is 3.26. The summed E-state index contributed by atoms with van der Waals surface area (Å²) >= 11 is 1.48. The molecule has 0 bridgehead atoms. The van der Waals surface area contributed by atoms with Crippen molar-refractivity contribution in [1.29, 1.82) is 0 Å². The van der Waals surface area contributed by atoms with Crippen LogP contribution in [0.25, 0.3) is 15.9 Å². The molecule has 0 atom stereocenters. The van der Waals surface area contributed by atoms with Gasteiger partial charge in [0.05, 0.1) is 15.9 Å². The molecule has 0 spiro atoms. The van der Waals surface area contributed by atoms with Crippen molar-refractivity contribution in [1.82, 2.24) is 14.8 Å². The number of esters is 1. The maximum Gasteiger partial charge on any atom is 0.359 e. The standard InChI is InChI=1S/C18H12FN3O2S/c19-12-4-3-5-13(10-12)22-9-8-15(21-22)18(23)24-11-17-20-14-6-1-2-7-16(14)25-17/h1-10H,11H2. The molecule has 0 aliphatic carbocycles. The van der Waals surface area contributed by atoms with Crippen LogP contribution in [0.1, 0.15) is 15.5 Å². The number of hydrogen-bond acceptors (Lipinski definition) is 5. The minimum atomic E-state index is -0.547. The topological polar surface area (TPSA) is 57.0 Å². The zero-order valence-electron chi connectivity index (χ0n) is 12.9. The second kappa shape index (κ2) is 6.45. The Labute approximate surface area is 146 Å². The van der Waals surface area contributed by atoms with Gasteiger partial charge in [0.1, 0.15) is 17.4 Å². The average molecular weight is 353 g/mol. The summed E-state index contributed by atoms with van der Waals surface area (Å²) in [5.74, 6) is -0.914. The van der Waals surface area contributed by atoms with Gasteiger partial charge in [-0.25, -0.2) is 18.9 Å². The van der Waals surface area contributed by atoms with Gasteiger partial charge in [0.2, 0.25) is 0 Å². The van der Waals surface area contributed by atoms with Crippen molar-refractivity contribution in [2.45, 2.75) is 6.61 Å². The first kappa shape index (κ1) is 15.5. The highest BCUT2D eigenvalue weighted by Crippen LogP contribution is 2.22. The number of thiazole rings is 1.